The van der Waals surface area contributed by atoms with Crippen LogP contribution < -0.4 is 10.0 Å². The topological polar surface area (TPSA) is 9.23 Å². The zero-order valence-corrected chi connectivity index (χ0v) is 31.3. The molecule has 0 spiro atoms. The van der Waals surface area contributed by atoms with Gasteiger partial charge in [-0.05, 0) is 36.4 Å². The van der Waals surface area contributed by atoms with E-state index >= 15 is 0 Å². The molecule has 2 heteroatoms. The van der Waals surface area contributed by atoms with Crippen molar-refractivity contribution in [3.05, 3.63) is 24.3 Å². The molecule has 0 amide bonds. The SMILES string of the molecule is CCCCCCCCCCCCCCCCCCOc1ccc(PCCCCCCCCCCCCCCCCCC)cc1. The van der Waals surface area contributed by atoms with Crippen LogP contribution in [0.1, 0.15) is 219 Å². The van der Waals surface area contributed by atoms with Crippen molar-refractivity contribution in [2.24, 2.45) is 0 Å². The molecule has 0 aliphatic rings. The zero-order chi connectivity index (χ0) is 31.4. The number of ether oxygens (including phenoxy) is 1. The lowest BCUT2D eigenvalue weighted by Gasteiger charge is -2.08. The van der Waals surface area contributed by atoms with E-state index in [2.05, 4.69) is 38.1 Å². The smallest absolute Gasteiger partial charge is 0.119 e. The molecule has 0 aromatic heterocycles. The lowest BCUT2D eigenvalue weighted by Crippen LogP contribution is -2.00. The van der Waals surface area contributed by atoms with Gasteiger partial charge in [-0.2, -0.15) is 0 Å². The molecule has 0 fully saturated rings. The maximum atomic E-state index is 6.02. The van der Waals surface area contributed by atoms with Crippen LogP contribution in [0.5, 0.6) is 5.75 Å². The molecule has 0 aliphatic carbocycles. The lowest BCUT2D eigenvalue weighted by atomic mass is 10.0. The third-order valence-electron chi connectivity index (χ3n) is 9.48. The van der Waals surface area contributed by atoms with Crippen molar-refractivity contribution >= 4 is 13.9 Å². The highest BCUT2D eigenvalue weighted by Crippen LogP contribution is 2.19. The van der Waals surface area contributed by atoms with E-state index in [1.165, 1.54) is 217 Å². The van der Waals surface area contributed by atoms with Gasteiger partial charge in [-0.1, -0.05) is 227 Å². The van der Waals surface area contributed by atoms with Gasteiger partial charge in [-0.25, -0.2) is 0 Å². The number of rotatable bonds is 36. The Morgan fingerprint density at radius 1 is 0.364 bits per heavy atom. The van der Waals surface area contributed by atoms with Gasteiger partial charge in [0, 0.05) is 0 Å². The van der Waals surface area contributed by atoms with Gasteiger partial charge in [0.25, 0.3) is 0 Å². The van der Waals surface area contributed by atoms with Crippen molar-refractivity contribution in [3.8, 4) is 5.75 Å². The van der Waals surface area contributed by atoms with Crippen LogP contribution in [-0.4, -0.2) is 12.8 Å². The second-order valence-electron chi connectivity index (χ2n) is 13.9. The fraction of sp³-hybridized carbons (Fsp3) is 0.857. The van der Waals surface area contributed by atoms with Gasteiger partial charge in [-0.15, -0.1) is 0 Å². The molecule has 0 N–H and O–H groups in total. The van der Waals surface area contributed by atoms with E-state index in [1.807, 2.05) is 0 Å². The quantitative estimate of drug-likeness (QED) is 0.0529. The summed E-state index contributed by atoms with van der Waals surface area (Å²) in [5.41, 5.74) is 0. The van der Waals surface area contributed by atoms with Crippen molar-refractivity contribution in [1.82, 2.24) is 0 Å². The average Bonchev–Trinajstić information content (AvgIpc) is 3.04. The standard InChI is InChI=1S/C42H79OP/c1-3-5-7-9-11-13-15-17-19-21-23-25-27-29-31-33-39-43-41-35-37-42(38-36-41)44-40-34-32-30-28-26-24-22-20-18-16-14-12-10-8-6-4-2/h35-38,44H,3-34,39-40H2,1-2H3. The van der Waals surface area contributed by atoms with Crippen LogP contribution >= 0.6 is 8.58 Å². The number of hydrogen-bond acceptors (Lipinski definition) is 1. The average molecular weight is 631 g/mol. The molecule has 0 radical (unpaired) electrons. The molecule has 0 aliphatic heterocycles. The van der Waals surface area contributed by atoms with Gasteiger partial charge >= 0.3 is 0 Å². The van der Waals surface area contributed by atoms with E-state index in [0.717, 1.165) is 20.9 Å². The highest BCUT2D eigenvalue weighted by atomic mass is 31.1. The third-order valence-corrected chi connectivity index (χ3v) is 10.8. The van der Waals surface area contributed by atoms with Crippen molar-refractivity contribution < 1.29 is 4.74 Å². The lowest BCUT2D eigenvalue weighted by molar-refractivity contribution is 0.304. The Bertz CT molecular complexity index is 599. The monoisotopic (exact) mass is 631 g/mol. The predicted molar refractivity (Wildman–Crippen MR) is 204 cm³/mol. The first-order valence-corrected chi connectivity index (χ1v) is 21.5. The highest BCUT2D eigenvalue weighted by Gasteiger charge is 1.99. The van der Waals surface area contributed by atoms with E-state index in [1.54, 1.807) is 0 Å². The maximum absolute atomic E-state index is 6.02. The van der Waals surface area contributed by atoms with Gasteiger partial charge in [0.05, 0.1) is 6.61 Å². The predicted octanol–water partition coefficient (Wildman–Crippen LogP) is 14.9. The highest BCUT2D eigenvalue weighted by molar-refractivity contribution is 7.47. The summed E-state index contributed by atoms with van der Waals surface area (Å²) in [5, 5.41) is 1.50. The minimum atomic E-state index is 0.874. The molecule has 0 saturated heterocycles. The molecular weight excluding hydrogens is 551 g/mol. The maximum Gasteiger partial charge on any atom is 0.119 e. The van der Waals surface area contributed by atoms with E-state index in [4.69, 9.17) is 4.74 Å². The second kappa shape index (κ2) is 35.3. The third kappa shape index (κ3) is 30.1. The Hall–Kier alpha value is -0.550. The molecule has 1 unspecified atom stereocenters. The van der Waals surface area contributed by atoms with Gasteiger partial charge in [0.15, 0.2) is 0 Å². The van der Waals surface area contributed by atoms with Gasteiger partial charge in [0.1, 0.15) is 5.75 Å². The normalized spacial score (nSPS) is 11.7. The fourth-order valence-electron chi connectivity index (χ4n) is 6.42. The van der Waals surface area contributed by atoms with Crippen LogP contribution in [0.2, 0.25) is 0 Å². The second-order valence-corrected chi connectivity index (χ2v) is 15.3. The van der Waals surface area contributed by atoms with Crippen molar-refractivity contribution in [3.63, 3.8) is 0 Å². The van der Waals surface area contributed by atoms with Crippen LogP contribution in [0, 0.1) is 0 Å². The first kappa shape index (κ1) is 41.5. The van der Waals surface area contributed by atoms with E-state index in [-0.39, 0.29) is 0 Å². The van der Waals surface area contributed by atoms with Gasteiger partial charge in [0.2, 0.25) is 0 Å². The number of unbranched alkanes of at least 4 members (excludes halogenated alkanes) is 30. The summed E-state index contributed by atoms with van der Waals surface area (Å²) in [6.45, 7) is 5.48. The van der Waals surface area contributed by atoms with Crippen molar-refractivity contribution in [2.75, 3.05) is 12.8 Å². The summed E-state index contributed by atoms with van der Waals surface area (Å²) >= 11 is 0. The Morgan fingerprint density at radius 3 is 1.00 bits per heavy atom. The molecule has 1 aromatic carbocycles. The summed E-state index contributed by atoms with van der Waals surface area (Å²) in [6.07, 6.45) is 47.2. The summed E-state index contributed by atoms with van der Waals surface area (Å²) < 4.78 is 6.02. The van der Waals surface area contributed by atoms with Crippen LogP contribution in [0.3, 0.4) is 0 Å². The number of benzene rings is 1. The molecule has 1 rings (SSSR count). The minimum absolute atomic E-state index is 0.874. The minimum Gasteiger partial charge on any atom is -0.494 e. The van der Waals surface area contributed by atoms with Gasteiger partial charge in [-0.3, -0.25) is 0 Å². The number of hydrogen-bond donors (Lipinski definition) is 0. The van der Waals surface area contributed by atoms with Crippen LogP contribution in [-0.2, 0) is 0 Å². The first-order chi connectivity index (χ1) is 21.9. The van der Waals surface area contributed by atoms with Crippen LogP contribution in [0.25, 0.3) is 0 Å². The van der Waals surface area contributed by atoms with Crippen LogP contribution in [0.15, 0.2) is 24.3 Å². The summed E-state index contributed by atoms with van der Waals surface area (Å²) in [6, 6.07) is 8.99. The molecule has 258 valence electrons. The molecule has 0 heterocycles. The largest absolute Gasteiger partial charge is 0.494 e. The van der Waals surface area contributed by atoms with E-state index in [9.17, 15) is 0 Å². The first-order valence-electron chi connectivity index (χ1n) is 20.3. The fourth-order valence-corrected chi connectivity index (χ4v) is 7.53. The molecular formula is C42H79OP. The van der Waals surface area contributed by atoms with Crippen molar-refractivity contribution in [2.45, 2.75) is 219 Å². The van der Waals surface area contributed by atoms with Crippen molar-refractivity contribution in [1.29, 1.82) is 0 Å². The molecule has 0 bridgehead atoms. The molecule has 1 nitrogen and oxygen atoms in total. The van der Waals surface area contributed by atoms with E-state index < -0.39 is 0 Å². The van der Waals surface area contributed by atoms with Crippen LogP contribution in [0.4, 0.5) is 0 Å². The summed E-state index contributed by atoms with van der Waals surface area (Å²) in [7, 11) is 0.957. The molecule has 1 atom stereocenters. The summed E-state index contributed by atoms with van der Waals surface area (Å²) in [4.78, 5) is 0. The molecule has 0 saturated carbocycles. The Kier molecular flexibility index (Phi) is 33.3. The van der Waals surface area contributed by atoms with E-state index in [0.29, 0.717) is 0 Å². The zero-order valence-electron chi connectivity index (χ0n) is 30.3. The molecule has 44 heavy (non-hydrogen) atoms. The summed E-state index contributed by atoms with van der Waals surface area (Å²) in [5.74, 6) is 1.06. The van der Waals surface area contributed by atoms with Gasteiger partial charge < -0.3 is 4.74 Å². The Labute approximate surface area is 280 Å². The Morgan fingerprint density at radius 2 is 0.659 bits per heavy atom. The Balaban J connectivity index is 1.79. The molecule has 1 aromatic rings.